The summed E-state index contributed by atoms with van der Waals surface area (Å²) in [5.41, 5.74) is 3.05. The number of amides is 1. The highest BCUT2D eigenvalue weighted by Gasteiger charge is 2.21. The number of ether oxygens (including phenoxy) is 2. The Labute approximate surface area is 196 Å². The Kier molecular flexibility index (Phi) is 10.3. The molecule has 1 unspecified atom stereocenters. The van der Waals surface area contributed by atoms with Crippen LogP contribution in [0, 0.1) is 13.8 Å². The van der Waals surface area contributed by atoms with Crippen LogP contribution in [0.3, 0.4) is 0 Å². The van der Waals surface area contributed by atoms with Crippen LogP contribution in [-0.4, -0.2) is 79.9 Å². The molecule has 7 nitrogen and oxygen atoms in total. The van der Waals surface area contributed by atoms with Gasteiger partial charge in [0.2, 0.25) is 5.91 Å². The average molecular weight is 463 g/mol. The molecule has 2 N–H and O–H groups in total. The van der Waals surface area contributed by atoms with Crippen molar-refractivity contribution in [2.75, 3.05) is 58.3 Å². The van der Waals surface area contributed by atoms with Gasteiger partial charge in [-0.25, -0.2) is 0 Å². The Morgan fingerprint density at radius 1 is 1.00 bits per heavy atom. The van der Waals surface area contributed by atoms with Crippen LogP contribution in [0.1, 0.15) is 11.1 Å². The molecule has 2 aromatic carbocycles. The van der Waals surface area contributed by atoms with Gasteiger partial charge in [0.25, 0.3) is 0 Å². The number of piperazine rings is 1. The number of methoxy groups -OCH3 is 1. The SMILES string of the molecule is COc1ccccc1OCC(O)CN1CCN(CC(=O)Nc2c(C)cccc2C)CC1.[Cl-]. The van der Waals surface area contributed by atoms with Crippen molar-refractivity contribution in [3.05, 3.63) is 53.6 Å². The molecule has 1 atom stereocenters. The first kappa shape index (κ1) is 25.9. The Morgan fingerprint density at radius 2 is 1.59 bits per heavy atom. The van der Waals surface area contributed by atoms with Crippen LogP contribution >= 0.6 is 0 Å². The van der Waals surface area contributed by atoms with Gasteiger partial charge in [-0.1, -0.05) is 30.3 Å². The molecule has 0 aromatic heterocycles. The number of aliphatic hydroxyl groups is 1. The lowest BCUT2D eigenvalue weighted by molar-refractivity contribution is -0.117. The number of β-amino-alcohol motifs (C(OH)–C–C–N with tert-alkyl or cyclic N) is 1. The monoisotopic (exact) mass is 462 g/mol. The maximum Gasteiger partial charge on any atom is 0.238 e. The number of halogens is 1. The van der Waals surface area contributed by atoms with Crippen molar-refractivity contribution in [2.45, 2.75) is 20.0 Å². The molecule has 0 saturated carbocycles. The van der Waals surface area contributed by atoms with Crippen molar-refractivity contribution in [1.29, 1.82) is 0 Å². The number of hydrogen-bond acceptors (Lipinski definition) is 6. The summed E-state index contributed by atoms with van der Waals surface area (Å²) in [5, 5.41) is 13.4. The van der Waals surface area contributed by atoms with Crippen LogP contribution in [0.4, 0.5) is 5.69 Å². The second-order valence-electron chi connectivity index (χ2n) is 8.01. The van der Waals surface area contributed by atoms with Crippen LogP contribution < -0.4 is 27.2 Å². The standard InChI is InChI=1S/C24H33N3O4.ClH/c1-18-7-6-8-19(2)24(18)25-23(29)16-27-13-11-26(12-14-27)15-20(28)17-31-22-10-5-4-9-21(22)30-3;/h4-10,20,28H,11-17H2,1-3H3,(H,25,29);1H/p-1. The van der Waals surface area contributed by atoms with Crippen molar-refractivity contribution < 1.29 is 31.8 Å². The molecule has 0 bridgehead atoms. The molecule has 0 radical (unpaired) electrons. The van der Waals surface area contributed by atoms with E-state index in [2.05, 4.69) is 15.1 Å². The zero-order valence-corrected chi connectivity index (χ0v) is 19.8. The summed E-state index contributed by atoms with van der Waals surface area (Å²) in [6.45, 7) is 8.33. The Bertz CT molecular complexity index is 852. The molecule has 3 rings (SSSR count). The number of aryl methyl sites for hydroxylation is 2. The minimum absolute atomic E-state index is 0. The molecular formula is C24H33ClN3O4-. The third-order valence-corrected chi connectivity index (χ3v) is 5.55. The lowest BCUT2D eigenvalue weighted by atomic mass is 10.1. The van der Waals surface area contributed by atoms with E-state index in [0.29, 0.717) is 24.6 Å². The average Bonchev–Trinajstić information content (AvgIpc) is 2.76. The van der Waals surface area contributed by atoms with Crippen LogP contribution in [0.2, 0.25) is 0 Å². The number of nitrogens with zero attached hydrogens (tertiary/aromatic N) is 2. The Morgan fingerprint density at radius 3 is 2.22 bits per heavy atom. The third-order valence-electron chi connectivity index (χ3n) is 5.55. The van der Waals surface area contributed by atoms with Crippen molar-refractivity contribution in [2.24, 2.45) is 0 Å². The van der Waals surface area contributed by atoms with Crippen molar-refractivity contribution >= 4 is 11.6 Å². The minimum atomic E-state index is -0.594. The fraction of sp³-hybridized carbons (Fsp3) is 0.458. The van der Waals surface area contributed by atoms with E-state index in [0.717, 1.165) is 43.0 Å². The van der Waals surface area contributed by atoms with Gasteiger partial charge >= 0.3 is 0 Å². The fourth-order valence-electron chi connectivity index (χ4n) is 3.80. The first-order chi connectivity index (χ1) is 15.0. The molecule has 1 aliphatic heterocycles. The second-order valence-corrected chi connectivity index (χ2v) is 8.01. The molecule has 1 amide bonds. The fourth-order valence-corrected chi connectivity index (χ4v) is 3.80. The van der Waals surface area contributed by atoms with Gasteiger partial charge < -0.3 is 32.3 Å². The number of para-hydroxylation sites is 3. The lowest BCUT2D eigenvalue weighted by Gasteiger charge is -2.35. The summed E-state index contributed by atoms with van der Waals surface area (Å²) in [6.07, 6.45) is -0.594. The number of carbonyl (C=O) groups is 1. The van der Waals surface area contributed by atoms with E-state index in [1.807, 2.05) is 56.3 Å². The molecule has 1 heterocycles. The van der Waals surface area contributed by atoms with Gasteiger partial charge in [-0.15, -0.1) is 0 Å². The predicted octanol–water partition coefficient (Wildman–Crippen LogP) is -0.688. The number of anilines is 1. The van der Waals surface area contributed by atoms with E-state index >= 15 is 0 Å². The van der Waals surface area contributed by atoms with Crippen molar-refractivity contribution in [1.82, 2.24) is 9.80 Å². The summed E-state index contributed by atoms with van der Waals surface area (Å²) < 4.78 is 11.0. The van der Waals surface area contributed by atoms with Crippen LogP contribution in [0.25, 0.3) is 0 Å². The maximum atomic E-state index is 12.5. The molecule has 32 heavy (non-hydrogen) atoms. The van der Waals surface area contributed by atoms with Gasteiger partial charge in [0.05, 0.1) is 13.7 Å². The number of rotatable bonds is 9. The summed E-state index contributed by atoms with van der Waals surface area (Å²) in [4.78, 5) is 16.8. The summed E-state index contributed by atoms with van der Waals surface area (Å²) in [7, 11) is 1.60. The lowest BCUT2D eigenvalue weighted by Crippen LogP contribution is -3.00. The van der Waals surface area contributed by atoms with Gasteiger partial charge in [0.1, 0.15) is 12.7 Å². The highest BCUT2D eigenvalue weighted by Crippen LogP contribution is 2.25. The molecule has 0 aliphatic carbocycles. The summed E-state index contributed by atoms with van der Waals surface area (Å²) in [5.74, 6) is 1.29. The van der Waals surface area contributed by atoms with Gasteiger partial charge in [-0.2, -0.15) is 0 Å². The first-order valence-corrected chi connectivity index (χ1v) is 10.7. The molecule has 1 fully saturated rings. The van der Waals surface area contributed by atoms with Crippen molar-refractivity contribution in [3.8, 4) is 11.5 Å². The molecule has 1 aliphatic rings. The van der Waals surface area contributed by atoms with Gasteiger partial charge in [-0.05, 0) is 37.1 Å². The third kappa shape index (κ3) is 7.38. The van der Waals surface area contributed by atoms with E-state index in [4.69, 9.17) is 9.47 Å². The zero-order chi connectivity index (χ0) is 22.2. The Hall–Kier alpha value is -2.32. The number of carbonyl (C=O) groups excluding carboxylic acids is 1. The maximum absolute atomic E-state index is 12.5. The molecule has 176 valence electrons. The van der Waals surface area contributed by atoms with Gasteiger partial charge in [0.15, 0.2) is 11.5 Å². The van der Waals surface area contributed by atoms with Gasteiger partial charge in [0, 0.05) is 38.4 Å². The molecule has 8 heteroatoms. The van der Waals surface area contributed by atoms with Crippen LogP contribution in [-0.2, 0) is 4.79 Å². The van der Waals surface area contributed by atoms with E-state index < -0.39 is 6.10 Å². The topological polar surface area (TPSA) is 74.3 Å². The van der Waals surface area contributed by atoms with Gasteiger partial charge in [-0.3, -0.25) is 14.6 Å². The largest absolute Gasteiger partial charge is 1.00 e. The van der Waals surface area contributed by atoms with E-state index in [-0.39, 0.29) is 24.9 Å². The number of hydrogen-bond donors (Lipinski definition) is 2. The Balaban J connectivity index is 0.00000363. The molecule has 0 spiro atoms. The number of aliphatic hydroxyl groups excluding tert-OH is 1. The molecular weight excluding hydrogens is 430 g/mol. The number of benzene rings is 2. The van der Waals surface area contributed by atoms with E-state index in [1.165, 1.54) is 0 Å². The summed E-state index contributed by atoms with van der Waals surface area (Å²) in [6, 6.07) is 13.4. The highest BCUT2D eigenvalue weighted by molar-refractivity contribution is 5.93. The zero-order valence-electron chi connectivity index (χ0n) is 19.0. The second kappa shape index (κ2) is 12.6. The summed E-state index contributed by atoms with van der Waals surface area (Å²) >= 11 is 0. The van der Waals surface area contributed by atoms with E-state index in [1.54, 1.807) is 7.11 Å². The molecule has 1 saturated heterocycles. The van der Waals surface area contributed by atoms with Crippen LogP contribution in [0.15, 0.2) is 42.5 Å². The normalized spacial score (nSPS) is 15.5. The van der Waals surface area contributed by atoms with Crippen LogP contribution in [0.5, 0.6) is 11.5 Å². The quantitative estimate of drug-likeness (QED) is 0.514. The van der Waals surface area contributed by atoms with Crippen molar-refractivity contribution in [3.63, 3.8) is 0 Å². The molecule has 2 aromatic rings. The minimum Gasteiger partial charge on any atom is -1.00 e. The predicted molar refractivity (Wildman–Crippen MR) is 122 cm³/mol. The smallest absolute Gasteiger partial charge is 0.238 e. The first-order valence-electron chi connectivity index (χ1n) is 10.7. The number of nitrogens with one attached hydrogen (secondary N) is 1. The van der Waals surface area contributed by atoms with E-state index in [9.17, 15) is 9.90 Å². The highest BCUT2D eigenvalue weighted by atomic mass is 35.5.